The molecule has 88 valence electrons. The SMILES string of the molecule is COC(=O)c1c(OC)cc(=O)[nH]c1C(F)F. The van der Waals surface area contributed by atoms with Crippen molar-refractivity contribution in [1.82, 2.24) is 4.98 Å². The lowest BCUT2D eigenvalue weighted by molar-refractivity contribution is 0.0582. The topological polar surface area (TPSA) is 68.4 Å². The van der Waals surface area contributed by atoms with Crippen LogP contribution in [0.3, 0.4) is 0 Å². The Morgan fingerprint density at radius 1 is 1.44 bits per heavy atom. The smallest absolute Gasteiger partial charge is 0.343 e. The molecule has 0 saturated heterocycles. The molecular weight excluding hydrogens is 224 g/mol. The number of esters is 1. The maximum absolute atomic E-state index is 12.6. The Labute approximate surface area is 89.0 Å². The minimum Gasteiger partial charge on any atom is -0.496 e. The monoisotopic (exact) mass is 233 g/mol. The zero-order chi connectivity index (χ0) is 12.3. The van der Waals surface area contributed by atoms with E-state index in [9.17, 15) is 18.4 Å². The van der Waals surface area contributed by atoms with E-state index in [1.165, 1.54) is 0 Å². The highest BCUT2D eigenvalue weighted by molar-refractivity contribution is 5.93. The Morgan fingerprint density at radius 3 is 2.50 bits per heavy atom. The van der Waals surface area contributed by atoms with Crippen LogP contribution in [0.25, 0.3) is 0 Å². The lowest BCUT2D eigenvalue weighted by Crippen LogP contribution is -2.17. The normalized spacial score (nSPS) is 10.3. The minimum absolute atomic E-state index is 0.245. The van der Waals surface area contributed by atoms with E-state index in [4.69, 9.17) is 0 Å². The average Bonchev–Trinajstić information content (AvgIpc) is 2.26. The molecule has 1 heterocycles. The molecule has 0 spiro atoms. The second-order valence-corrected chi connectivity index (χ2v) is 2.78. The van der Waals surface area contributed by atoms with Gasteiger partial charge >= 0.3 is 5.97 Å². The van der Waals surface area contributed by atoms with E-state index < -0.39 is 29.2 Å². The first kappa shape index (κ1) is 12.2. The molecule has 1 N–H and O–H groups in total. The van der Waals surface area contributed by atoms with Gasteiger partial charge in [-0.15, -0.1) is 0 Å². The quantitative estimate of drug-likeness (QED) is 0.794. The molecule has 0 aromatic carbocycles. The summed E-state index contributed by atoms with van der Waals surface area (Å²) in [7, 11) is 2.21. The number of hydrogen-bond donors (Lipinski definition) is 1. The van der Waals surface area contributed by atoms with E-state index in [0.29, 0.717) is 0 Å². The Kier molecular flexibility index (Phi) is 3.60. The van der Waals surface area contributed by atoms with Crippen molar-refractivity contribution >= 4 is 5.97 Å². The van der Waals surface area contributed by atoms with Crippen LogP contribution in [-0.4, -0.2) is 25.2 Å². The van der Waals surface area contributed by atoms with Gasteiger partial charge in [0.25, 0.3) is 12.0 Å². The molecule has 1 aromatic heterocycles. The molecule has 0 aliphatic rings. The zero-order valence-electron chi connectivity index (χ0n) is 8.54. The number of nitrogens with one attached hydrogen (secondary N) is 1. The van der Waals surface area contributed by atoms with Crippen LogP contribution in [0.5, 0.6) is 5.75 Å². The lowest BCUT2D eigenvalue weighted by Gasteiger charge is -2.10. The number of alkyl halides is 2. The Bertz CT molecular complexity index is 455. The Balaban J connectivity index is 3.51. The summed E-state index contributed by atoms with van der Waals surface area (Å²) >= 11 is 0. The van der Waals surface area contributed by atoms with Crippen LogP contribution in [-0.2, 0) is 4.74 Å². The fourth-order valence-electron chi connectivity index (χ4n) is 1.19. The van der Waals surface area contributed by atoms with Crippen LogP contribution in [0.4, 0.5) is 8.78 Å². The number of carbonyl (C=O) groups is 1. The van der Waals surface area contributed by atoms with Gasteiger partial charge in [-0.05, 0) is 0 Å². The molecule has 0 fully saturated rings. The molecule has 0 amide bonds. The molecule has 0 bridgehead atoms. The third kappa shape index (κ3) is 2.18. The van der Waals surface area contributed by atoms with Crippen LogP contribution in [0.2, 0.25) is 0 Å². The van der Waals surface area contributed by atoms with E-state index in [0.717, 1.165) is 20.3 Å². The lowest BCUT2D eigenvalue weighted by atomic mass is 10.1. The van der Waals surface area contributed by atoms with Crippen LogP contribution >= 0.6 is 0 Å². The molecule has 0 radical (unpaired) electrons. The summed E-state index contributed by atoms with van der Waals surface area (Å²) in [6.07, 6.45) is -3.00. The Morgan fingerprint density at radius 2 is 2.06 bits per heavy atom. The molecule has 5 nitrogen and oxygen atoms in total. The van der Waals surface area contributed by atoms with Gasteiger partial charge in [0.05, 0.1) is 14.2 Å². The standard InChI is InChI=1S/C9H9F2NO4/c1-15-4-3-5(13)12-7(8(10)11)6(4)9(14)16-2/h3,8H,1-2H3,(H,12,13). The summed E-state index contributed by atoms with van der Waals surface area (Å²) in [6.45, 7) is 0. The van der Waals surface area contributed by atoms with E-state index in [1.54, 1.807) is 0 Å². The number of methoxy groups -OCH3 is 2. The highest BCUT2D eigenvalue weighted by atomic mass is 19.3. The van der Waals surface area contributed by atoms with Crippen LogP contribution < -0.4 is 10.3 Å². The fourth-order valence-corrected chi connectivity index (χ4v) is 1.19. The fraction of sp³-hybridized carbons (Fsp3) is 0.333. The predicted octanol–water partition coefficient (Wildman–Crippen LogP) is 1.11. The number of halogens is 2. The van der Waals surface area contributed by atoms with Crippen molar-refractivity contribution in [1.29, 1.82) is 0 Å². The van der Waals surface area contributed by atoms with E-state index in [1.807, 2.05) is 4.98 Å². The summed E-state index contributed by atoms with van der Waals surface area (Å²) in [5.41, 5.74) is -2.06. The number of pyridine rings is 1. The number of rotatable bonds is 3. The third-order valence-corrected chi connectivity index (χ3v) is 1.86. The summed E-state index contributed by atoms with van der Waals surface area (Å²) in [4.78, 5) is 24.2. The maximum atomic E-state index is 12.6. The van der Waals surface area contributed by atoms with Gasteiger partial charge < -0.3 is 14.5 Å². The van der Waals surface area contributed by atoms with Gasteiger partial charge in [0.15, 0.2) is 0 Å². The van der Waals surface area contributed by atoms with Gasteiger partial charge in [-0.3, -0.25) is 4.79 Å². The molecule has 16 heavy (non-hydrogen) atoms. The van der Waals surface area contributed by atoms with Gasteiger partial charge in [-0.2, -0.15) is 0 Å². The van der Waals surface area contributed by atoms with Crippen LogP contribution in [0.1, 0.15) is 22.5 Å². The predicted molar refractivity (Wildman–Crippen MR) is 49.9 cm³/mol. The van der Waals surface area contributed by atoms with Crippen molar-refractivity contribution in [2.45, 2.75) is 6.43 Å². The van der Waals surface area contributed by atoms with Crippen molar-refractivity contribution in [3.05, 3.63) is 27.7 Å². The van der Waals surface area contributed by atoms with Crippen molar-refractivity contribution in [3.63, 3.8) is 0 Å². The van der Waals surface area contributed by atoms with Crippen molar-refractivity contribution in [3.8, 4) is 5.75 Å². The summed E-state index contributed by atoms with van der Waals surface area (Å²) in [5.74, 6) is -1.24. The van der Waals surface area contributed by atoms with Crippen molar-refractivity contribution in [2.24, 2.45) is 0 Å². The molecule has 0 saturated carbocycles. The number of ether oxygens (including phenoxy) is 2. The van der Waals surface area contributed by atoms with Gasteiger partial charge in [0.1, 0.15) is 17.0 Å². The number of aromatic amines is 1. The molecule has 0 unspecified atom stereocenters. The van der Waals surface area contributed by atoms with Crippen molar-refractivity contribution in [2.75, 3.05) is 14.2 Å². The Hall–Kier alpha value is -1.92. The number of H-pyrrole nitrogens is 1. The minimum atomic E-state index is -3.00. The zero-order valence-corrected chi connectivity index (χ0v) is 8.54. The van der Waals surface area contributed by atoms with Crippen LogP contribution in [0, 0.1) is 0 Å². The summed E-state index contributed by atoms with van der Waals surface area (Å²) in [6, 6.07) is 0.901. The summed E-state index contributed by atoms with van der Waals surface area (Å²) < 4.78 is 34.2. The number of hydrogen-bond acceptors (Lipinski definition) is 4. The van der Waals surface area contributed by atoms with E-state index in [2.05, 4.69) is 9.47 Å². The third-order valence-electron chi connectivity index (χ3n) is 1.86. The van der Waals surface area contributed by atoms with Gasteiger partial charge in [-0.1, -0.05) is 0 Å². The molecular formula is C9H9F2NO4. The van der Waals surface area contributed by atoms with Gasteiger partial charge in [0.2, 0.25) is 0 Å². The first-order valence-electron chi connectivity index (χ1n) is 4.19. The highest BCUT2D eigenvalue weighted by Crippen LogP contribution is 2.26. The van der Waals surface area contributed by atoms with Crippen LogP contribution in [0.15, 0.2) is 10.9 Å². The molecule has 0 atom stereocenters. The summed E-state index contributed by atoms with van der Waals surface area (Å²) in [5, 5.41) is 0. The van der Waals surface area contributed by atoms with Gasteiger partial charge in [-0.25, -0.2) is 13.6 Å². The maximum Gasteiger partial charge on any atom is 0.343 e. The first-order chi connectivity index (χ1) is 7.51. The van der Waals surface area contributed by atoms with Crippen molar-refractivity contribution < 1.29 is 23.0 Å². The largest absolute Gasteiger partial charge is 0.496 e. The average molecular weight is 233 g/mol. The van der Waals surface area contributed by atoms with Gasteiger partial charge in [0, 0.05) is 6.07 Å². The first-order valence-corrected chi connectivity index (χ1v) is 4.19. The molecule has 1 rings (SSSR count). The second-order valence-electron chi connectivity index (χ2n) is 2.78. The van der Waals surface area contributed by atoms with E-state index in [-0.39, 0.29) is 5.75 Å². The molecule has 7 heteroatoms. The second kappa shape index (κ2) is 4.73. The van der Waals surface area contributed by atoms with E-state index >= 15 is 0 Å². The highest BCUT2D eigenvalue weighted by Gasteiger charge is 2.25. The number of carbonyl (C=O) groups excluding carboxylic acids is 1. The number of aromatic nitrogens is 1. The molecule has 0 aliphatic carbocycles. The molecule has 0 aliphatic heterocycles. The molecule has 1 aromatic rings.